The number of pyridine rings is 1. The zero-order valence-electron chi connectivity index (χ0n) is 47.0. The highest BCUT2D eigenvalue weighted by Crippen LogP contribution is 2.35. The lowest BCUT2D eigenvalue weighted by Gasteiger charge is -2.40. The van der Waals surface area contributed by atoms with Gasteiger partial charge in [0.25, 0.3) is 5.91 Å². The molecule has 0 bridgehead atoms. The number of ketones is 1. The van der Waals surface area contributed by atoms with Gasteiger partial charge in [0, 0.05) is 112 Å². The van der Waals surface area contributed by atoms with Crippen molar-refractivity contribution in [2.75, 3.05) is 80.0 Å². The van der Waals surface area contributed by atoms with Gasteiger partial charge < -0.3 is 28.9 Å². The number of benzene rings is 3. The summed E-state index contributed by atoms with van der Waals surface area (Å²) in [6, 6.07) is 16.4. The van der Waals surface area contributed by atoms with E-state index in [4.69, 9.17) is 14.2 Å². The van der Waals surface area contributed by atoms with E-state index in [0.717, 1.165) is 97.6 Å². The Morgan fingerprint density at radius 3 is 2.24 bits per heavy atom. The van der Waals surface area contributed by atoms with Crippen molar-refractivity contribution in [3.05, 3.63) is 107 Å². The molecule has 2 aromatic heterocycles. The van der Waals surface area contributed by atoms with Crippen LogP contribution in [0.2, 0.25) is 0 Å². The van der Waals surface area contributed by atoms with Crippen LogP contribution in [0.25, 0.3) is 22.2 Å². The van der Waals surface area contributed by atoms with Crippen LogP contribution in [0.3, 0.4) is 0 Å². The molecule has 3 aromatic carbocycles. The number of aromatic nitrogens is 2. The van der Waals surface area contributed by atoms with Gasteiger partial charge in [-0.05, 0) is 133 Å². The van der Waals surface area contributed by atoms with Crippen molar-refractivity contribution in [2.24, 2.45) is 5.92 Å². The highest BCUT2D eigenvalue weighted by molar-refractivity contribution is 7.90. The Kier molecular flexibility index (Phi) is 16.6. The van der Waals surface area contributed by atoms with E-state index in [1.54, 1.807) is 31.0 Å². The molecule has 7 heterocycles. The van der Waals surface area contributed by atoms with Gasteiger partial charge in [0.2, 0.25) is 17.6 Å². The summed E-state index contributed by atoms with van der Waals surface area (Å²) in [5, 5.41) is 2.54. The maximum atomic E-state index is 16.4. The molecule has 5 aromatic rings. The fourth-order valence-electron chi connectivity index (χ4n) is 11.4. The van der Waals surface area contributed by atoms with Crippen molar-refractivity contribution < 1.29 is 59.8 Å². The molecule has 0 saturated carbocycles. The minimum absolute atomic E-state index is 0.0431. The third-order valence-electron chi connectivity index (χ3n) is 15.9. The largest absolute Gasteiger partial charge is 0.442 e. The summed E-state index contributed by atoms with van der Waals surface area (Å²) in [5.41, 5.74) is 1.78. The van der Waals surface area contributed by atoms with Crippen LogP contribution in [-0.4, -0.2) is 157 Å². The van der Waals surface area contributed by atoms with Crippen LogP contribution < -0.4 is 19.8 Å². The van der Waals surface area contributed by atoms with Crippen molar-refractivity contribution in [1.82, 2.24) is 29.0 Å². The number of fused-ring (bicyclic) bond motifs is 2. The minimum atomic E-state index is -4.47. The van der Waals surface area contributed by atoms with Crippen LogP contribution in [-0.2, 0) is 52.1 Å². The molecular formula is C59H70F3N9O10S. The molecule has 82 heavy (non-hydrogen) atoms. The standard InChI is InChI=1S/C59H70F3N9O10S/c1-36(81-59(5,6)34-80-58(2,3)4)57(76)79-35-69-33-46(53(73)51-47(61)13-14-48(52(51)62)65-82(77,78)70-22-19-41(60)32-70)45-28-39(29-63-54(45)69)38-7-9-42(10-8-38)68-25-23-66(24-26-68)30-37-17-20-67(21-18-37)43-11-12-44-40(27-43)31-71(56(44)75)49-15-16-50(72)64-55(49)74/h7-14,27-29,33,36-37,41,49,65H,15-26,30-32,34-35H2,1-6H3,(H,64,72,74)/t36?,41-,49?/m1/s1. The topological polar surface area (TPSA) is 205 Å². The first-order chi connectivity index (χ1) is 38.9. The minimum Gasteiger partial charge on any atom is -0.442 e. The second-order valence-corrected chi connectivity index (χ2v) is 25.3. The average Bonchev–Trinajstić information content (AvgIpc) is 3.67. The zero-order chi connectivity index (χ0) is 58.4. The normalized spacial score (nSPS) is 20.2. The fourth-order valence-corrected chi connectivity index (χ4v) is 12.7. The number of ether oxygens (including phenoxy) is 3. The Balaban J connectivity index is 0.794. The second-order valence-electron chi connectivity index (χ2n) is 23.6. The summed E-state index contributed by atoms with van der Waals surface area (Å²) in [7, 11) is -4.47. The first-order valence-electron chi connectivity index (χ1n) is 27.9. The maximum Gasteiger partial charge on any atom is 0.336 e. The molecule has 0 spiro atoms. The van der Waals surface area contributed by atoms with Crippen molar-refractivity contribution in [2.45, 2.75) is 116 Å². The predicted molar refractivity (Wildman–Crippen MR) is 301 cm³/mol. The fraction of sp³-hybridized carbons (Fsp3) is 0.492. The van der Waals surface area contributed by atoms with Gasteiger partial charge in [0.1, 0.15) is 23.7 Å². The maximum absolute atomic E-state index is 16.4. The highest BCUT2D eigenvalue weighted by atomic mass is 32.2. The lowest BCUT2D eigenvalue weighted by atomic mass is 9.95. The number of hydrogen-bond donors (Lipinski definition) is 2. The Bertz CT molecular complexity index is 3390. The Hall–Kier alpha value is -6.92. The lowest BCUT2D eigenvalue weighted by molar-refractivity contribution is -0.179. The number of nitrogens with zero attached hydrogens (tertiary/aromatic N) is 7. The van der Waals surface area contributed by atoms with E-state index in [2.05, 4.69) is 35.8 Å². The molecule has 3 atom stereocenters. The molecule has 4 fully saturated rings. The van der Waals surface area contributed by atoms with E-state index in [-0.39, 0.29) is 54.4 Å². The number of nitrogens with one attached hydrogen (secondary N) is 2. The van der Waals surface area contributed by atoms with E-state index in [1.807, 2.05) is 57.2 Å². The van der Waals surface area contributed by atoms with Crippen molar-refractivity contribution in [3.8, 4) is 11.1 Å². The van der Waals surface area contributed by atoms with Crippen LogP contribution >= 0.6 is 0 Å². The molecule has 23 heteroatoms. The SMILES string of the molecule is CC(OC(C)(C)COC(C)(C)C)C(=O)OCn1cc(C(=O)c2c(F)ccc(NS(=O)(=O)N3CC[C@@H](F)C3)c2F)c2cc(-c3ccc(N4CCN(CC5CCN(c6ccc7c(c6)CN(C6CCC(=O)NC6=O)C7=O)CC5)CC4)cc3)cnc21. The van der Waals surface area contributed by atoms with Crippen LogP contribution in [0, 0.1) is 17.6 Å². The van der Waals surface area contributed by atoms with Gasteiger partial charge in [-0.2, -0.15) is 12.7 Å². The number of rotatable bonds is 18. The van der Waals surface area contributed by atoms with Crippen LogP contribution in [0.5, 0.6) is 0 Å². The first kappa shape index (κ1) is 58.3. The number of halogens is 3. The number of carbonyl (C=O) groups excluding carboxylic acids is 5. The van der Waals surface area contributed by atoms with Crippen molar-refractivity contribution >= 4 is 67.8 Å². The quantitative estimate of drug-likeness (QED) is 0.0506. The highest BCUT2D eigenvalue weighted by Gasteiger charge is 2.40. The Morgan fingerprint density at radius 1 is 0.854 bits per heavy atom. The molecule has 438 valence electrons. The number of piperidine rings is 2. The molecule has 0 aliphatic carbocycles. The first-order valence-corrected chi connectivity index (χ1v) is 29.4. The molecule has 5 aliphatic heterocycles. The van der Waals surface area contributed by atoms with Crippen molar-refractivity contribution in [1.29, 1.82) is 0 Å². The average molecular weight is 1150 g/mol. The summed E-state index contributed by atoms with van der Waals surface area (Å²) >= 11 is 0. The van der Waals surface area contributed by atoms with Crippen LogP contribution in [0.4, 0.5) is 30.2 Å². The summed E-state index contributed by atoms with van der Waals surface area (Å²) in [6.45, 7) is 16.5. The number of piperazine rings is 1. The molecule has 19 nitrogen and oxygen atoms in total. The molecule has 5 aliphatic rings. The molecule has 4 saturated heterocycles. The van der Waals surface area contributed by atoms with E-state index in [1.165, 1.54) is 17.7 Å². The lowest BCUT2D eigenvalue weighted by Crippen LogP contribution is -2.52. The molecule has 2 unspecified atom stereocenters. The monoisotopic (exact) mass is 1150 g/mol. The predicted octanol–water partition coefficient (Wildman–Crippen LogP) is 7.21. The number of amides is 3. The third kappa shape index (κ3) is 12.8. The summed E-state index contributed by atoms with van der Waals surface area (Å²) < 4.78 is 94.1. The third-order valence-corrected chi connectivity index (χ3v) is 17.4. The number of esters is 1. The number of anilines is 3. The number of alkyl halides is 1. The van der Waals surface area contributed by atoms with Crippen LogP contribution in [0.15, 0.2) is 73.1 Å². The number of imide groups is 1. The molecule has 10 rings (SSSR count). The molecule has 3 amide bonds. The van der Waals surface area contributed by atoms with Crippen molar-refractivity contribution in [3.63, 3.8) is 0 Å². The summed E-state index contributed by atoms with van der Waals surface area (Å²) in [6.07, 6.45) is 2.98. The number of carbonyl (C=O) groups is 5. The van der Waals surface area contributed by atoms with Crippen LogP contribution in [0.1, 0.15) is 105 Å². The van der Waals surface area contributed by atoms with E-state index in [9.17, 15) is 36.8 Å². The van der Waals surface area contributed by atoms with E-state index < -0.39 is 93.5 Å². The summed E-state index contributed by atoms with van der Waals surface area (Å²) in [5.74, 6) is -4.97. The van der Waals surface area contributed by atoms with Gasteiger partial charge in [-0.1, -0.05) is 12.1 Å². The molecular weight excluding hydrogens is 1080 g/mol. The van der Waals surface area contributed by atoms with Gasteiger partial charge in [0.15, 0.2) is 18.7 Å². The summed E-state index contributed by atoms with van der Waals surface area (Å²) in [4.78, 5) is 78.8. The van der Waals surface area contributed by atoms with Gasteiger partial charge in [-0.25, -0.2) is 22.9 Å². The molecule has 0 radical (unpaired) electrons. The smallest absolute Gasteiger partial charge is 0.336 e. The van der Waals surface area contributed by atoms with E-state index >= 15 is 8.78 Å². The van der Waals surface area contributed by atoms with Gasteiger partial charge in [-0.15, -0.1) is 0 Å². The zero-order valence-corrected chi connectivity index (χ0v) is 47.8. The Morgan fingerprint density at radius 2 is 1.56 bits per heavy atom. The van der Waals surface area contributed by atoms with Gasteiger partial charge in [0.05, 0.1) is 34.6 Å². The Labute approximate surface area is 475 Å². The second kappa shape index (κ2) is 23.4. The number of hydrogen-bond acceptors (Lipinski definition) is 14. The van der Waals surface area contributed by atoms with Gasteiger partial charge in [-0.3, -0.25) is 38.7 Å². The van der Waals surface area contributed by atoms with Gasteiger partial charge >= 0.3 is 16.2 Å². The van der Waals surface area contributed by atoms with E-state index in [0.29, 0.717) is 30.0 Å². The molecule has 2 N–H and O–H groups in total.